The van der Waals surface area contributed by atoms with E-state index in [0.717, 1.165) is 0 Å². The molecule has 0 aliphatic rings. The maximum absolute atomic E-state index is 5.39. The van der Waals surface area contributed by atoms with Crippen molar-refractivity contribution < 1.29 is 4.74 Å². The van der Waals surface area contributed by atoms with Crippen LogP contribution in [0.25, 0.3) is 0 Å². The zero-order valence-corrected chi connectivity index (χ0v) is 5.14. The molecule has 0 rings (SSSR count). The summed E-state index contributed by atoms with van der Waals surface area (Å²) in [6.07, 6.45) is -0.0972. The lowest BCUT2D eigenvalue weighted by molar-refractivity contribution is 0.0706. The molecule has 0 spiro atoms. The predicted octanol–water partition coefficient (Wildman–Crippen LogP) is 0.574. The van der Waals surface area contributed by atoms with Crippen molar-refractivity contribution in [3.8, 4) is 0 Å². The van der Waals surface area contributed by atoms with Crippen molar-refractivity contribution in [1.82, 2.24) is 0 Å². The van der Waals surface area contributed by atoms with E-state index in [1.807, 2.05) is 13.8 Å². The van der Waals surface area contributed by atoms with Crippen molar-refractivity contribution in [2.75, 3.05) is 7.11 Å². The van der Waals surface area contributed by atoms with Crippen LogP contribution in [0.2, 0.25) is 0 Å². The van der Waals surface area contributed by atoms with Crippen LogP contribution >= 0.6 is 0 Å². The van der Waals surface area contributed by atoms with Gasteiger partial charge in [-0.3, -0.25) is 0 Å². The second-order valence-corrected chi connectivity index (χ2v) is 1.94. The molecule has 0 amide bonds. The van der Waals surface area contributed by atoms with Crippen molar-refractivity contribution in [2.24, 2.45) is 11.7 Å². The minimum absolute atomic E-state index is 0.0972. The Hall–Kier alpha value is -0.0800. The van der Waals surface area contributed by atoms with Crippen LogP contribution in [0.3, 0.4) is 0 Å². The summed E-state index contributed by atoms with van der Waals surface area (Å²) in [5, 5.41) is 0. The summed E-state index contributed by atoms with van der Waals surface area (Å²) in [6, 6.07) is 0. The first-order chi connectivity index (χ1) is 3.18. The Labute approximate surface area is 44.7 Å². The Balaban J connectivity index is 3.14. The van der Waals surface area contributed by atoms with Gasteiger partial charge in [-0.05, 0) is 5.92 Å². The average Bonchev–Trinajstić information content (AvgIpc) is 1.65. The average molecular weight is 103 g/mol. The van der Waals surface area contributed by atoms with Gasteiger partial charge in [0.2, 0.25) is 0 Å². The van der Waals surface area contributed by atoms with Gasteiger partial charge in [-0.25, -0.2) is 0 Å². The SMILES string of the molecule is CO[C@@H](N)C(C)C. The van der Waals surface area contributed by atoms with Crippen LogP contribution in [-0.4, -0.2) is 13.3 Å². The van der Waals surface area contributed by atoms with Gasteiger partial charge in [0.05, 0.1) is 0 Å². The minimum atomic E-state index is -0.0972. The second kappa shape index (κ2) is 2.99. The summed E-state index contributed by atoms with van der Waals surface area (Å²) in [4.78, 5) is 0. The van der Waals surface area contributed by atoms with Gasteiger partial charge in [0.1, 0.15) is 6.23 Å². The normalized spacial score (nSPS) is 15.0. The summed E-state index contributed by atoms with van der Waals surface area (Å²) in [7, 11) is 1.62. The third-order valence-electron chi connectivity index (χ3n) is 0.929. The molecule has 0 aromatic rings. The molecule has 0 aromatic carbocycles. The smallest absolute Gasteiger partial charge is 0.107 e. The highest BCUT2D eigenvalue weighted by Crippen LogP contribution is 1.96. The van der Waals surface area contributed by atoms with E-state index in [1.165, 1.54) is 0 Å². The summed E-state index contributed by atoms with van der Waals surface area (Å²) >= 11 is 0. The van der Waals surface area contributed by atoms with Crippen LogP contribution in [0.5, 0.6) is 0 Å². The van der Waals surface area contributed by atoms with Gasteiger partial charge in [0.25, 0.3) is 0 Å². The van der Waals surface area contributed by atoms with E-state index in [1.54, 1.807) is 7.11 Å². The number of hydrogen-bond donors (Lipinski definition) is 1. The number of ether oxygens (including phenoxy) is 1. The maximum atomic E-state index is 5.39. The molecule has 0 aliphatic heterocycles. The number of hydrogen-bond acceptors (Lipinski definition) is 2. The molecule has 0 fully saturated rings. The van der Waals surface area contributed by atoms with Crippen molar-refractivity contribution in [2.45, 2.75) is 20.1 Å². The molecule has 44 valence electrons. The summed E-state index contributed by atoms with van der Waals surface area (Å²) in [6.45, 7) is 4.04. The van der Waals surface area contributed by atoms with E-state index < -0.39 is 0 Å². The van der Waals surface area contributed by atoms with Crippen LogP contribution in [0, 0.1) is 5.92 Å². The van der Waals surface area contributed by atoms with Crippen molar-refractivity contribution >= 4 is 0 Å². The zero-order valence-electron chi connectivity index (χ0n) is 5.14. The lowest BCUT2D eigenvalue weighted by atomic mass is 10.2. The Morgan fingerprint density at radius 1 is 1.43 bits per heavy atom. The molecule has 2 N–H and O–H groups in total. The molecule has 0 saturated heterocycles. The molecule has 0 unspecified atom stereocenters. The van der Waals surface area contributed by atoms with E-state index in [2.05, 4.69) is 0 Å². The number of methoxy groups -OCH3 is 1. The van der Waals surface area contributed by atoms with E-state index >= 15 is 0 Å². The monoisotopic (exact) mass is 103 g/mol. The van der Waals surface area contributed by atoms with Gasteiger partial charge in [0.15, 0.2) is 0 Å². The minimum Gasteiger partial charge on any atom is -0.367 e. The van der Waals surface area contributed by atoms with Gasteiger partial charge in [-0.2, -0.15) is 0 Å². The van der Waals surface area contributed by atoms with Gasteiger partial charge < -0.3 is 10.5 Å². The molecule has 0 aromatic heterocycles. The topological polar surface area (TPSA) is 35.2 Å². The molecule has 0 radical (unpaired) electrons. The van der Waals surface area contributed by atoms with Crippen molar-refractivity contribution in [3.63, 3.8) is 0 Å². The van der Waals surface area contributed by atoms with Crippen LogP contribution < -0.4 is 5.73 Å². The molecule has 0 saturated carbocycles. The van der Waals surface area contributed by atoms with Crippen LogP contribution in [0.4, 0.5) is 0 Å². The summed E-state index contributed by atoms with van der Waals surface area (Å²) in [5.74, 6) is 0.421. The quantitative estimate of drug-likeness (QED) is 0.519. The fourth-order valence-corrected chi connectivity index (χ4v) is 0.272. The van der Waals surface area contributed by atoms with Gasteiger partial charge in [-0.15, -0.1) is 0 Å². The second-order valence-electron chi connectivity index (χ2n) is 1.94. The van der Waals surface area contributed by atoms with E-state index in [4.69, 9.17) is 10.5 Å². The molecule has 0 heterocycles. The van der Waals surface area contributed by atoms with E-state index in [0.29, 0.717) is 5.92 Å². The Morgan fingerprint density at radius 2 is 1.86 bits per heavy atom. The molecular weight excluding hydrogens is 90.1 g/mol. The lowest BCUT2D eigenvalue weighted by Crippen LogP contribution is -2.27. The summed E-state index contributed by atoms with van der Waals surface area (Å²) < 4.78 is 4.79. The highest BCUT2D eigenvalue weighted by molar-refractivity contribution is 4.49. The predicted molar refractivity (Wildman–Crippen MR) is 29.8 cm³/mol. The largest absolute Gasteiger partial charge is 0.367 e. The van der Waals surface area contributed by atoms with Crippen LogP contribution in [0.1, 0.15) is 13.8 Å². The Bertz CT molecular complexity index is 45.3. The molecule has 0 bridgehead atoms. The lowest BCUT2D eigenvalue weighted by Gasteiger charge is -2.11. The zero-order chi connectivity index (χ0) is 5.86. The van der Waals surface area contributed by atoms with E-state index in [-0.39, 0.29) is 6.23 Å². The van der Waals surface area contributed by atoms with Gasteiger partial charge in [0, 0.05) is 7.11 Å². The molecular formula is C5H13NO. The fraction of sp³-hybridized carbons (Fsp3) is 1.00. The third kappa shape index (κ3) is 2.60. The fourth-order valence-electron chi connectivity index (χ4n) is 0.272. The Morgan fingerprint density at radius 3 is 1.86 bits per heavy atom. The highest BCUT2D eigenvalue weighted by atomic mass is 16.5. The Kier molecular flexibility index (Phi) is 2.96. The molecule has 2 heteroatoms. The van der Waals surface area contributed by atoms with Gasteiger partial charge in [-0.1, -0.05) is 13.8 Å². The first-order valence-electron chi connectivity index (χ1n) is 2.47. The molecule has 7 heavy (non-hydrogen) atoms. The van der Waals surface area contributed by atoms with E-state index in [9.17, 15) is 0 Å². The van der Waals surface area contributed by atoms with Crippen LogP contribution in [-0.2, 0) is 4.74 Å². The summed E-state index contributed by atoms with van der Waals surface area (Å²) in [5.41, 5.74) is 5.39. The third-order valence-corrected chi connectivity index (χ3v) is 0.929. The first-order valence-corrected chi connectivity index (χ1v) is 2.47. The molecule has 1 atom stereocenters. The van der Waals surface area contributed by atoms with Crippen LogP contribution in [0.15, 0.2) is 0 Å². The number of rotatable bonds is 2. The first kappa shape index (κ1) is 6.92. The van der Waals surface area contributed by atoms with Crippen molar-refractivity contribution in [1.29, 1.82) is 0 Å². The molecule has 0 aliphatic carbocycles. The highest BCUT2D eigenvalue weighted by Gasteiger charge is 2.02. The molecule has 2 nitrogen and oxygen atoms in total. The van der Waals surface area contributed by atoms with Crippen molar-refractivity contribution in [3.05, 3.63) is 0 Å². The standard InChI is InChI=1S/C5H13NO/c1-4(2)5(6)7-3/h4-5H,6H2,1-3H3/t5-/m1/s1. The number of nitrogens with two attached hydrogens (primary N) is 1. The maximum Gasteiger partial charge on any atom is 0.107 e. The van der Waals surface area contributed by atoms with Gasteiger partial charge >= 0.3 is 0 Å².